The van der Waals surface area contributed by atoms with Crippen LogP contribution >= 0.6 is 0 Å². The molecule has 1 N–H and O–H groups in total. The molecule has 0 saturated heterocycles. The molecular weight excluding hydrogens is 321 g/mol. The van der Waals surface area contributed by atoms with Crippen LogP contribution in [-0.2, 0) is 16.6 Å². The quantitative estimate of drug-likeness (QED) is 0.897. The first-order valence-electron chi connectivity index (χ1n) is 7.59. The summed E-state index contributed by atoms with van der Waals surface area (Å²) in [5, 5.41) is 11.5. The Morgan fingerprint density at radius 1 is 1.22 bits per heavy atom. The van der Waals surface area contributed by atoms with Crippen LogP contribution in [0.4, 0.5) is 4.39 Å². The van der Waals surface area contributed by atoms with Crippen LogP contribution in [0.15, 0.2) is 29.2 Å². The van der Waals surface area contributed by atoms with Crippen LogP contribution in [0.3, 0.4) is 0 Å². The maximum absolute atomic E-state index is 13.7. The predicted molar refractivity (Wildman–Crippen MR) is 80.4 cm³/mol. The summed E-state index contributed by atoms with van der Waals surface area (Å²) in [4.78, 5) is -0.378. The van der Waals surface area contributed by atoms with Crippen LogP contribution < -0.4 is 4.72 Å². The summed E-state index contributed by atoms with van der Waals surface area (Å²) in [7, 11) is -3.95. The number of benzene rings is 1. The second-order valence-corrected chi connectivity index (χ2v) is 7.32. The molecule has 3 rings (SSSR count). The fraction of sp³-hybridized carbons (Fsp3) is 0.500. The lowest BCUT2D eigenvalue weighted by atomic mass is 9.96. The molecule has 1 heterocycles. The van der Waals surface area contributed by atoms with Gasteiger partial charge in [-0.25, -0.2) is 22.2 Å². The van der Waals surface area contributed by atoms with Crippen molar-refractivity contribution >= 4 is 10.0 Å². The fourth-order valence-corrected chi connectivity index (χ4v) is 3.89. The molecule has 0 spiro atoms. The van der Waals surface area contributed by atoms with Crippen LogP contribution in [-0.4, -0.2) is 28.6 Å². The molecule has 124 valence electrons. The van der Waals surface area contributed by atoms with Gasteiger partial charge in [0.15, 0.2) is 5.82 Å². The number of rotatable bonds is 5. The molecule has 9 heteroatoms. The molecule has 0 amide bonds. The molecule has 1 aromatic heterocycles. The van der Waals surface area contributed by atoms with Crippen LogP contribution in [0.2, 0.25) is 0 Å². The Labute approximate surface area is 133 Å². The Hall–Kier alpha value is -1.87. The van der Waals surface area contributed by atoms with Gasteiger partial charge < -0.3 is 0 Å². The van der Waals surface area contributed by atoms with Gasteiger partial charge in [0.05, 0.1) is 12.6 Å². The van der Waals surface area contributed by atoms with Gasteiger partial charge in [-0.1, -0.05) is 31.4 Å². The fourth-order valence-electron chi connectivity index (χ4n) is 2.84. The van der Waals surface area contributed by atoms with Crippen molar-refractivity contribution in [2.45, 2.75) is 49.6 Å². The molecule has 2 aromatic rings. The summed E-state index contributed by atoms with van der Waals surface area (Å²) in [5.74, 6) is -0.344. The first kappa shape index (κ1) is 16.0. The van der Waals surface area contributed by atoms with Crippen molar-refractivity contribution < 1.29 is 12.8 Å². The lowest BCUT2D eigenvalue weighted by Gasteiger charge is -2.22. The zero-order valence-corrected chi connectivity index (χ0v) is 13.3. The molecule has 0 bridgehead atoms. The summed E-state index contributed by atoms with van der Waals surface area (Å²) in [6.07, 6.45) is 5.40. The van der Waals surface area contributed by atoms with Crippen molar-refractivity contribution in [2.24, 2.45) is 0 Å². The lowest BCUT2D eigenvalue weighted by molar-refractivity contribution is 0.316. The van der Waals surface area contributed by atoms with E-state index in [2.05, 4.69) is 20.2 Å². The highest BCUT2D eigenvalue weighted by Gasteiger charge is 2.23. The van der Waals surface area contributed by atoms with E-state index in [0.29, 0.717) is 5.82 Å². The van der Waals surface area contributed by atoms with E-state index in [9.17, 15) is 12.8 Å². The normalized spacial score (nSPS) is 16.6. The molecular formula is C14H18FN5O2S. The first-order valence-corrected chi connectivity index (χ1v) is 9.07. The average Bonchev–Trinajstić information content (AvgIpc) is 3.03. The van der Waals surface area contributed by atoms with Gasteiger partial charge >= 0.3 is 0 Å². The SMILES string of the molecule is O=S(=O)(NCc1nnnn1C1CCCCC1)c1ccccc1F. The van der Waals surface area contributed by atoms with Crippen molar-refractivity contribution in [3.63, 3.8) is 0 Å². The number of nitrogens with zero attached hydrogens (tertiary/aromatic N) is 4. The molecule has 1 aromatic carbocycles. The molecule has 1 saturated carbocycles. The molecule has 0 radical (unpaired) electrons. The molecule has 1 fully saturated rings. The summed E-state index contributed by atoms with van der Waals surface area (Å²) in [6.45, 7) is -0.0693. The highest BCUT2D eigenvalue weighted by molar-refractivity contribution is 7.89. The third-order valence-corrected chi connectivity index (χ3v) is 5.46. The van der Waals surface area contributed by atoms with Crippen molar-refractivity contribution in [1.29, 1.82) is 0 Å². The number of hydrogen-bond acceptors (Lipinski definition) is 5. The zero-order valence-electron chi connectivity index (χ0n) is 12.5. The molecule has 1 aliphatic rings. The van der Waals surface area contributed by atoms with Gasteiger partial charge in [0.25, 0.3) is 0 Å². The predicted octanol–water partition coefficient (Wildman–Crippen LogP) is 1.80. The number of tetrazole rings is 1. The maximum atomic E-state index is 13.7. The Kier molecular flexibility index (Phi) is 4.67. The largest absolute Gasteiger partial charge is 0.243 e. The van der Waals surface area contributed by atoms with Crippen molar-refractivity contribution in [2.75, 3.05) is 0 Å². The Morgan fingerprint density at radius 3 is 2.70 bits per heavy atom. The molecule has 0 unspecified atom stereocenters. The lowest BCUT2D eigenvalue weighted by Crippen LogP contribution is -2.27. The third-order valence-electron chi connectivity index (χ3n) is 4.03. The highest BCUT2D eigenvalue weighted by Crippen LogP contribution is 2.27. The van der Waals surface area contributed by atoms with E-state index in [-0.39, 0.29) is 17.5 Å². The summed E-state index contributed by atoms with van der Waals surface area (Å²) >= 11 is 0. The molecule has 0 atom stereocenters. The van der Waals surface area contributed by atoms with Gasteiger partial charge in [0.2, 0.25) is 10.0 Å². The summed E-state index contributed by atoms with van der Waals surface area (Å²) in [6, 6.07) is 5.45. The Morgan fingerprint density at radius 2 is 1.96 bits per heavy atom. The Balaban J connectivity index is 1.74. The number of sulfonamides is 1. The van der Waals surface area contributed by atoms with Gasteiger partial charge in [0.1, 0.15) is 10.7 Å². The molecule has 1 aliphatic carbocycles. The van der Waals surface area contributed by atoms with E-state index in [0.717, 1.165) is 31.7 Å². The zero-order chi connectivity index (χ0) is 16.3. The second kappa shape index (κ2) is 6.71. The number of aromatic nitrogens is 4. The topological polar surface area (TPSA) is 89.8 Å². The minimum atomic E-state index is -3.95. The van der Waals surface area contributed by atoms with Crippen LogP contribution in [0.5, 0.6) is 0 Å². The van der Waals surface area contributed by atoms with E-state index in [1.807, 2.05) is 0 Å². The van der Waals surface area contributed by atoms with Gasteiger partial charge in [-0.3, -0.25) is 0 Å². The first-order chi connectivity index (χ1) is 11.1. The van der Waals surface area contributed by atoms with E-state index >= 15 is 0 Å². The standard InChI is InChI=1S/C14H18FN5O2S/c15-12-8-4-5-9-13(12)23(21,22)16-10-14-17-18-19-20(14)11-6-2-1-3-7-11/h4-5,8-9,11,16H,1-3,6-7,10H2. The number of nitrogens with one attached hydrogen (secondary N) is 1. The van der Waals surface area contributed by atoms with Crippen molar-refractivity contribution in [3.05, 3.63) is 35.9 Å². The van der Waals surface area contributed by atoms with Crippen LogP contribution in [0, 0.1) is 5.82 Å². The van der Waals surface area contributed by atoms with Crippen molar-refractivity contribution in [3.8, 4) is 0 Å². The number of halogens is 1. The average molecular weight is 339 g/mol. The minimum Gasteiger partial charge on any atom is -0.225 e. The molecule has 0 aliphatic heterocycles. The van der Waals surface area contributed by atoms with Crippen molar-refractivity contribution in [1.82, 2.24) is 24.9 Å². The highest BCUT2D eigenvalue weighted by atomic mass is 32.2. The minimum absolute atomic E-state index is 0.0693. The smallest absolute Gasteiger partial charge is 0.225 e. The molecule has 7 nitrogen and oxygen atoms in total. The van der Waals surface area contributed by atoms with E-state index in [1.54, 1.807) is 4.68 Å². The maximum Gasteiger partial charge on any atom is 0.243 e. The number of hydrogen-bond donors (Lipinski definition) is 1. The molecule has 23 heavy (non-hydrogen) atoms. The van der Waals surface area contributed by atoms with E-state index < -0.39 is 15.8 Å². The van der Waals surface area contributed by atoms with E-state index in [4.69, 9.17) is 0 Å². The third kappa shape index (κ3) is 3.56. The summed E-state index contributed by atoms with van der Waals surface area (Å²) in [5.41, 5.74) is 0. The van der Waals surface area contributed by atoms with Gasteiger partial charge in [-0.15, -0.1) is 5.10 Å². The van der Waals surface area contributed by atoms with E-state index in [1.165, 1.54) is 24.6 Å². The Bertz CT molecular complexity index is 771. The van der Waals surface area contributed by atoms with Gasteiger partial charge in [0, 0.05) is 0 Å². The van der Waals surface area contributed by atoms with Crippen LogP contribution in [0.25, 0.3) is 0 Å². The summed E-state index contributed by atoms with van der Waals surface area (Å²) < 4.78 is 42.1. The monoisotopic (exact) mass is 339 g/mol. The second-order valence-electron chi connectivity index (χ2n) is 5.59. The van der Waals surface area contributed by atoms with Gasteiger partial charge in [-0.05, 0) is 35.4 Å². The van der Waals surface area contributed by atoms with Gasteiger partial charge in [-0.2, -0.15) is 0 Å². The van der Waals surface area contributed by atoms with Crippen LogP contribution in [0.1, 0.15) is 44.0 Å².